The minimum absolute atomic E-state index is 0.225. The van der Waals surface area contributed by atoms with Gasteiger partial charge in [-0.3, -0.25) is 4.57 Å². The van der Waals surface area contributed by atoms with Gasteiger partial charge in [-0.05, 0) is 18.9 Å². The molecule has 1 aromatic heterocycles. The Labute approximate surface area is 140 Å². The molecular formula is C17H21N3O2S. The topological polar surface area (TPSA) is 68.0 Å². The number of benzene rings is 1. The summed E-state index contributed by atoms with van der Waals surface area (Å²) in [7, 11) is 0. The van der Waals surface area contributed by atoms with Crippen molar-refractivity contribution in [1.82, 2.24) is 14.8 Å². The van der Waals surface area contributed by atoms with Gasteiger partial charge in [-0.15, -0.1) is 10.2 Å². The van der Waals surface area contributed by atoms with Crippen LogP contribution in [-0.4, -0.2) is 31.6 Å². The van der Waals surface area contributed by atoms with Crippen molar-refractivity contribution in [2.75, 3.05) is 5.75 Å². The zero-order valence-corrected chi connectivity index (χ0v) is 14.4. The number of aromatic carboxylic acids is 1. The van der Waals surface area contributed by atoms with E-state index in [1.165, 1.54) is 0 Å². The van der Waals surface area contributed by atoms with Gasteiger partial charge < -0.3 is 5.11 Å². The van der Waals surface area contributed by atoms with Gasteiger partial charge in [0.05, 0.1) is 5.56 Å². The van der Waals surface area contributed by atoms with Gasteiger partial charge >= 0.3 is 5.97 Å². The van der Waals surface area contributed by atoms with E-state index < -0.39 is 5.97 Å². The van der Waals surface area contributed by atoms with Gasteiger partial charge in [-0.2, -0.15) is 0 Å². The fraction of sp³-hybridized carbons (Fsp3) is 0.353. The molecule has 1 aromatic carbocycles. The summed E-state index contributed by atoms with van der Waals surface area (Å²) in [5, 5.41) is 18.7. The van der Waals surface area contributed by atoms with E-state index in [1.807, 2.05) is 17.6 Å². The van der Waals surface area contributed by atoms with Crippen molar-refractivity contribution in [3.05, 3.63) is 42.0 Å². The number of carbonyl (C=O) groups is 1. The number of allylic oxidation sites excluding steroid dienone is 1. The average molecular weight is 331 g/mol. The van der Waals surface area contributed by atoms with Crippen molar-refractivity contribution in [2.24, 2.45) is 5.92 Å². The molecule has 0 aliphatic rings. The van der Waals surface area contributed by atoms with Crippen LogP contribution in [-0.2, 0) is 6.54 Å². The second kappa shape index (κ2) is 7.46. The van der Waals surface area contributed by atoms with Crippen molar-refractivity contribution in [1.29, 1.82) is 0 Å². The highest BCUT2D eigenvalue weighted by Gasteiger charge is 2.19. The zero-order valence-electron chi connectivity index (χ0n) is 13.6. The molecule has 0 atom stereocenters. The molecule has 23 heavy (non-hydrogen) atoms. The Balaban J connectivity index is 2.50. The molecule has 0 spiro atoms. The minimum atomic E-state index is -0.971. The van der Waals surface area contributed by atoms with Crippen LogP contribution in [0.3, 0.4) is 0 Å². The lowest BCUT2D eigenvalue weighted by molar-refractivity contribution is 0.0697. The number of thioether (sulfide) groups is 1. The molecule has 0 saturated heterocycles. The van der Waals surface area contributed by atoms with Gasteiger partial charge in [0.15, 0.2) is 11.0 Å². The number of carboxylic acids is 1. The molecule has 1 heterocycles. The summed E-state index contributed by atoms with van der Waals surface area (Å²) < 4.78 is 1.94. The Hall–Kier alpha value is -2.08. The van der Waals surface area contributed by atoms with E-state index >= 15 is 0 Å². The van der Waals surface area contributed by atoms with Crippen molar-refractivity contribution >= 4 is 17.7 Å². The van der Waals surface area contributed by atoms with Crippen molar-refractivity contribution in [3.63, 3.8) is 0 Å². The Kier molecular flexibility index (Phi) is 5.60. The number of aromatic nitrogens is 3. The molecule has 2 rings (SSSR count). The smallest absolute Gasteiger partial charge is 0.336 e. The van der Waals surface area contributed by atoms with Gasteiger partial charge in [0, 0.05) is 17.9 Å². The lowest BCUT2D eigenvalue weighted by atomic mass is 10.1. The molecule has 1 N–H and O–H groups in total. The maximum atomic E-state index is 11.5. The predicted molar refractivity (Wildman–Crippen MR) is 92.8 cm³/mol. The zero-order chi connectivity index (χ0) is 17.0. The number of carboxylic acid groups (broad SMARTS) is 1. The quantitative estimate of drug-likeness (QED) is 0.614. The van der Waals surface area contributed by atoms with E-state index in [2.05, 4.69) is 30.6 Å². The maximum absolute atomic E-state index is 11.5. The third kappa shape index (κ3) is 4.22. The Morgan fingerprint density at radius 3 is 2.65 bits per heavy atom. The van der Waals surface area contributed by atoms with E-state index in [0.717, 1.165) is 16.5 Å². The van der Waals surface area contributed by atoms with Crippen LogP contribution in [0.4, 0.5) is 0 Å². The fourth-order valence-corrected chi connectivity index (χ4v) is 3.00. The van der Waals surface area contributed by atoms with Crippen LogP contribution in [0.25, 0.3) is 11.4 Å². The van der Waals surface area contributed by atoms with Crippen LogP contribution < -0.4 is 0 Å². The molecule has 5 nitrogen and oxygen atoms in total. The molecule has 6 heteroatoms. The largest absolute Gasteiger partial charge is 0.478 e. The SMILES string of the molecule is C=C(C)Cn1c(SCC(C)C)nnc1-c1ccccc1C(=O)O. The van der Waals surface area contributed by atoms with Gasteiger partial charge in [0.25, 0.3) is 0 Å². The van der Waals surface area contributed by atoms with Crippen LogP contribution in [0, 0.1) is 5.92 Å². The second-order valence-electron chi connectivity index (χ2n) is 5.91. The first kappa shape index (κ1) is 17.3. The lowest BCUT2D eigenvalue weighted by Gasteiger charge is -2.12. The van der Waals surface area contributed by atoms with Gasteiger partial charge in [-0.1, -0.05) is 56.0 Å². The molecule has 0 radical (unpaired) electrons. The van der Waals surface area contributed by atoms with Crippen molar-refractivity contribution in [3.8, 4) is 11.4 Å². The summed E-state index contributed by atoms with van der Waals surface area (Å²) in [6.07, 6.45) is 0. The Morgan fingerprint density at radius 2 is 2.04 bits per heavy atom. The van der Waals surface area contributed by atoms with Crippen LogP contribution in [0.5, 0.6) is 0 Å². The van der Waals surface area contributed by atoms with Gasteiger partial charge in [-0.25, -0.2) is 4.79 Å². The fourth-order valence-electron chi connectivity index (χ4n) is 2.11. The van der Waals surface area contributed by atoms with E-state index in [9.17, 15) is 9.90 Å². The Morgan fingerprint density at radius 1 is 1.35 bits per heavy atom. The van der Waals surface area contributed by atoms with Crippen LogP contribution in [0.1, 0.15) is 31.1 Å². The highest BCUT2D eigenvalue weighted by atomic mass is 32.2. The first-order valence-corrected chi connectivity index (χ1v) is 8.41. The van der Waals surface area contributed by atoms with Gasteiger partial charge in [0.2, 0.25) is 0 Å². The normalized spacial score (nSPS) is 11.0. The van der Waals surface area contributed by atoms with Crippen LogP contribution >= 0.6 is 11.8 Å². The summed E-state index contributed by atoms with van der Waals surface area (Å²) >= 11 is 1.63. The van der Waals surface area contributed by atoms with Crippen LogP contribution in [0.2, 0.25) is 0 Å². The molecule has 0 unspecified atom stereocenters. The predicted octanol–water partition coefficient (Wildman–Crippen LogP) is 3.97. The van der Waals surface area contributed by atoms with Crippen molar-refractivity contribution < 1.29 is 9.90 Å². The molecule has 0 saturated carbocycles. The molecule has 122 valence electrons. The van der Waals surface area contributed by atoms with Crippen LogP contribution in [0.15, 0.2) is 41.6 Å². The standard InChI is InChI=1S/C17H21N3O2S/c1-11(2)9-20-15(18-19-17(20)23-10-12(3)4)13-7-5-6-8-14(13)16(21)22/h5-8,12H,1,9-10H2,2-4H3,(H,21,22). The highest BCUT2D eigenvalue weighted by Crippen LogP contribution is 2.28. The first-order valence-electron chi connectivity index (χ1n) is 7.43. The number of rotatable bonds is 7. The number of hydrogen-bond acceptors (Lipinski definition) is 4. The van der Waals surface area contributed by atoms with Crippen molar-refractivity contribution in [2.45, 2.75) is 32.5 Å². The number of hydrogen-bond donors (Lipinski definition) is 1. The summed E-state index contributed by atoms with van der Waals surface area (Å²) in [6, 6.07) is 6.86. The Bertz CT molecular complexity index is 722. The molecular weight excluding hydrogens is 310 g/mol. The maximum Gasteiger partial charge on any atom is 0.336 e. The van der Waals surface area contributed by atoms with E-state index in [4.69, 9.17) is 0 Å². The number of nitrogens with zero attached hydrogens (tertiary/aromatic N) is 3. The van der Waals surface area contributed by atoms with E-state index in [-0.39, 0.29) is 5.56 Å². The monoisotopic (exact) mass is 331 g/mol. The molecule has 0 fully saturated rings. The summed E-state index contributed by atoms with van der Waals surface area (Å²) in [6.45, 7) is 10.7. The third-order valence-electron chi connectivity index (χ3n) is 3.09. The highest BCUT2D eigenvalue weighted by molar-refractivity contribution is 7.99. The van der Waals surface area contributed by atoms with E-state index in [0.29, 0.717) is 23.9 Å². The minimum Gasteiger partial charge on any atom is -0.478 e. The molecule has 0 aliphatic carbocycles. The average Bonchev–Trinajstić information content (AvgIpc) is 2.87. The first-order chi connectivity index (χ1) is 10.9. The van der Waals surface area contributed by atoms with Gasteiger partial charge in [0.1, 0.15) is 0 Å². The molecule has 0 amide bonds. The van der Waals surface area contributed by atoms with E-state index in [1.54, 1.807) is 30.0 Å². The molecule has 0 aliphatic heterocycles. The second-order valence-corrected chi connectivity index (χ2v) is 6.89. The third-order valence-corrected chi connectivity index (χ3v) is 4.48. The molecule has 0 bridgehead atoms. The summed E-state index contributed by atoms with van der Waals surface area (Å²) in [5.74, 6) is 1.05. The molecule has 2 aromatic rings. The summed E-state index contributed by atoms with van der Waals surface area (Å²) in [5.41, 5.74) is 1.76. The lowest BCUT2D eigenvalue weighted by Crippen LogP contribution is -2.07. The summed E-state index contributed by atoms with van der Waals surface area (Å²) in [4.78, 5) is 11.5.